The molecule has 0 fully saturated rings. The van der Waals surface area contributed by atoms with Crippen molar-refractivity contribution in [2.24, 2.45) is 0 Å². The van der Waals surface area contributed by atoms with Crippen molar-refractivity contribution in [3.05, 3.63) is 41.3 Å². The monoisotopic (exact) mass is 239 g/mol. The molecule has 4 nitrogen and oxygen atoms in total. The Bertz CT molecular complexity index is 484. The topological polar surface area (TPSA) is 47.9 Å². The standard InChI is InChI=1S/C10H7ClFN3O/c1-6-14-8(11)4-10(15-6)16-7-2-3-9(12)13-5-7/h2-5H,1H3. The van der Waals surface area contributed by atoms with E-state index >= 15 is 0 Å². The maximum atomic E-state index is 12.5. The summed E-state index contributed by atoms with van der Waals surface area (Å²) < 4.78 is 17.9. The smallest absolute Gasteiger partial charge is 0.224 e. The predicted molar refractivity (Wildman–Crippen MR) is 56.0 cm³/mol. The molecule has 0 amide bonds. The normalized spacial score (nSPS) is 10.2. The second kappa shape index (κ2) is 4.40. The summed E-state index contributed by atoms with van der Waals surface area (Å²) in [6.45, 7) is 1.70. The van der Waals surface area contributed by atoms with Crippen LogP contribution in [-0.2, 0) is 0 Å². The van der Waals surface area contributed by atoms with Crippen LogP contribution in [0.2, 0.25) is 5.15 Å². The highest BCUT2D eigenvalue weighted by Gasteiger charge is 2.03. The van der Waals surface area contributed by atoms with Crippen molar-refractivity contribution in [2.45, 2.75) is 6.92 Å². The van der Waals surface area contributed by atoms with E-state index in [1.165, 1.54) is 24.4 Å². The van der Waals surface area contributed by atoms with E-state index in [1.807, 2.05) is 0 Å². The molecule has 0 saturated carbocycles. The molecule has 2 aromatic rings. The van der Waals surface area contributed by atoms with Crippen LogP contribution in [0.1, 0.15) is 5.82 Å². The highest BCUT2D eigenvalue weighted by Crippen LogP contribution is 2.20. The van der Waals surface area contributed by atoms with Gasteiger partial charge in [0, 0.05) is 6.07 Å². The van der Waals surface area contributed by atoms with Crippen molar-refractivity contribution in [3.63, 3.8) is 0 Å². The van der Waals surface area contributed by atoms with E-state index in [1.54, 1.807) is 6.92 Å². The van der Waals surface area contributed by atoms with E-state index in [4.69, 9.17) is 16.3 Å². The second-order valence-electron chi connectivity index (χ2n) is 2.99. The Labute approximate surface area is 96.1 Å². The summed E-state index contributed by atoms with van der Waals surface area (Å²) in [6, 6.07) is 4.12. The van der Waals surface area contributed by atoms with E-state index in [0.717, 1.165) is 0 Å². The molecule has 0 N–H and O–H groups in total. The second-order valence-corrected chi connectivity index (χ2v) is 3.38. The lowest BCUT2D eigenvalue weighted by molar-refractivity contribution is 0.453. The Kier molecular flexibility index (Phi) is 2.96. The Morgan fingerprint density at radius 1 is 1.31 bits per heavy atom. The van der Waals surface area contributed by atoms with Gasteiger partial charge in [-0.1, -0.05) is 11.6 Å². The minimum atomic E-state index is -0.566. The fraction of sp³-hybridized carbons (Fsp3) is 0.100. The Hall–Kier alpha value is -1.75. The third-order valence-corrected chi connectivity index (χ3v) is 1.90. The number of nitrogens with zero attached hydrogens (tertiary/aromatic N) is 3. The van der Waals surface area contributed by atoms with Gasteiger partial charge in [0.05, 0.1) is 6.20 Å². The zero-order valence-corrected chi connectivity index (χ0v) is 9.07. The summed E-state index contributed by atoms with van der Waals surface area (Å²) in [7, 11) is 0. The maximum absolute atomic E-state index is 12.5. The maximum Gasteiger partial charge on any atom is 0.224 e. The average Bonchev–Trinajstić information content (AvgIpc) is 2.20. The average molecular weight is 240 g/mol. The summed E-state index contributed by atoms with van der Waals surface area (Å²) in [6.07, 6.45) is 1.26. The molecule has 0 aliphatic carbocycles. The summed E-state index contributed by atoms with van der Waals surface area (Å²) in [5.41, 5.74) is 0. The van der Waals surface area contributed by atoms with Crippen molar-refractivity contribution in [1.82, 2.24) is 15.0 Å². The minimum absolute atomic E-state index is 0.289. The van der Waals surface area contributed by atoms with Gasteiger partial charge in [0.2, 0.25) is 11.8 Å². The molecule has 0 radical (unpaired) electrons. The molecule has 2 heterocycles. The Morgan fingerprint density at radius 2 is 2.12 bits per heavy atom. The molecule has 0 aromatic carbocycles. The van der Waals surface area contributed by atoms with E-state index in [2.05, 4.69) is 15.0 Å². The van der Waals surface area contributed by atoms with Crippen LogP contribution < -0.4 is 4.74 Å². The highest BCUT2D eigenvalue weighted by atomic mass is 35.5. The fourth-order valence-electron chi connectivity index (χ4n) is 1.10. The van der Waals surface area contributed by atoms with Gasteiger partial charge in [0.1, 0.15) is 16.7 Å². The molecule has 6 heteroatoms. The molecular weight excluding hydrogens is 233 g/mol. The minimum Gasteiger partial charge on any atom is -0.437 e. The fourth-order valence-corrected chi connectivity index (χ4v) is 1.32. The van der Waals surface area contributed by atoms with Crippen LogP contribution in [0.25, 0.3) is 0 Å². The molecular formula is C10H7ClFN3O. The zero-order chi connectivity index (χ0) is 11.5. The van der Waals surface area contributed by atoms with Crippen LogP contribution in [0, 0.1) is 12.9 Å². The van der Waals surface area contributed by atoms with Crippen molar-refractivity contribution < 1.29 is 9.13 Å². The third-order valence-electron chi connectivity index (χ3n) is 1.71. The van der Waals surface area contributed by atoms with Crippen LogP contribution in [0.3, 0.4) is 0 Å². The molecule has 82 valence electrons. The van der Waals surface area contributed by atoms with Crippen LogP contribution in [0.15, 0.2) is 24.4 Å². The van der Waals surface area contributed by atoms with Crippen LogP contribution >= 0.6 is 11.6 Å². The predicted octanol–water partition coefficient (Wildman–Crippen LogP) is 2.76. The van der Waals surface area contributed by atoms with Gasteiger partial charge in [-0.2, -0.15) is 9.37 Å². The van der Waals surface area contributed by atoms with Gasteiger partial charge in [0.15, 0.2) is 0 Å². The summed E-state index contributed by atoms with van der Waals surface area (Å²) in [4.78, 5) is 11.4. The third kappa shape index (κ3) is 2.64. The summed E-state index contributed by atoms with van der Waals surface area (Å²) in [5, 5.41) is 0.289. The van der Waals surface area contributed by atoms with Crippen molar-refractivity contribution >= 4 is 11.6 Å². The Morgan fingerprint density at radius 3 is 2.75 bits per heavy atom. The number of halogens is 2. The van der Waals surface area contributed by atoms with Crippen LogP contribution in [0.5, 0.6) is 11.6 Å². The number of aromatic nitrogens is 3. The molecule has 0 unspecified atom stereocenters. The highest BCUT2D eigenvalue weighted by molar-refractivity contribution is 6.29. The molecule has 0 atom stereocenters. The van der Waals surface area contributed by atoms with Crippen LogP contribution in [-0.4, -0.2) is 15.0 Å². The number of hydrogen-bond donors (Lipinski definition) is 0. The molecule has 2 rings (SSSR count). The van der Waals surface area contributed by atoms with E-state index in [9.17, 15) is 4.39 Å². The lowest BCUT2D eigenvalue weighted by Crippen LogP contribution is -1.94. The SMILES string of the molecule is Cc1nc(Cl)cc(Oc2ccc(F)nc2)n1. The zero-order valence-electron chi connectivity index (χ0n) is 8.32. The van der Waals surface area contributed by atoms with Gasteiger partial charge in [0.25, 0.3) is 0 Å². The first kappa shape index (κ1) is 10.8. The van der Waals surface area contributed by atoms with E-state index in [0.29, 0.717) is 17.5 Å². The number of ether oxygens (including phenoxy) is 1. The van der Waals surface area contributed by atoms with Gasteiger partial charge in [-0.25, -0.2) is 9.97 Å². The van der Waals surface area contributed by atoms with Gasteiger partial charge in [-0.15, -0.1) is 0 Å². The number of hydrogen-bond acceptors (Lipinski definition) is 4. The molecule has 0 bridgehead atoms. The quantitative estimate of drug-likeness (QED) is 0.597. The summed E-state index contributed by atoms with van der Waals surface area (Å²) >= 11 is 5.73. The van der Waals surface area contributed by atoms with E-state index < -0.39 is 5.95 Å². The first-order valence-corrected chi connectivity index (χ1v) is 4.82. The number of pyridine rings is 1. The lowest BCUT2D eigenvalue weighted by atomic mass is 10.4. The molecule has 0 aliphatic rings. The number of aryl methyl sites for hydroxylation is 1. The van der Waals surface area contributed by atoms with Gasteiger partial charge < -0.3 is 4.74 Å². The van der Waals surface area contributed by atoms with Gasteiger partial charge in [-0.3, -0.25) is 0 Å². The lowest BCUT2D eigenvalue weighted by Gasteiger charge is -2.04. The van der Waals surface area contributed by atoms with Gasteiger partial charge in [-0.05, 0) is 19.1 Å². The molecule has 0 saturated heterocycles. The molecule has 2 aromatic heterocycles. The van der Waals surface area contributed by atoms with E-state index in [-0.39, 0.29) is 5.15 Å². The van der Waals surface area contributed by atoms with Crippen molar-refractivity contribution in [1.29, 1.82) is 0 Å². The number of rotatable bonds is 2. The van der Waals surface area contributed by atoms with Gasteiger partial charge >= 0.3 is 0 Å². The van der Waals surface area contributed by atoms with Crippen molar-refractivity contribution in [3.8, 4) is 11.6 Å². The largest absolute Gasteiger partial charge is 0.437 e. The van der Waals surface area contributed by atoms with Crippen molar-refractivity contribution in [2.75, 3.05) is 0 Å². The first-order valence-electron chi connectivity index (χ1n) is 4.44. The Balaban J connectivity index is 2.23. The molecule has 16 heavy (non-hydrogen) atoms. The first-order chi connectivity index (χ1) is 7.63. The van der Waals surface area contributed by atoms with Crippen LogP contribution in [0.4, 0.5) is 4.39 Å². The summed E-state index contributed by atoms with van der Waals surface area (Å²) in [5.74, 6) is 0.614. The molecule has 0 aliphatic heterocycles. The molecule has 0 spiro atoms.